The van der Waals surface area contributed by atoms with E-state index in [1.165, 1.54) is 12.8 Å². The Bertz CT molecular complexity index is 767. The lowest BCUT2D eigenvalue weighted by atomic mass is 10.2. The van der Waals surface area contributed by atoms with Crippen molar-refractivity contribution in [2.45, 2.75) is 52.4 Å². The summed E-state index contributed by atoms with van der Waals surface area (Å²) in [6.45, 7) is 5.02. The van der Waals surface area contributed by atoms with Gasteiger partial charge in [-0.25, -0.2) is 0 Å². The number of hydrogen-bond donors (Lipinski definition) is 1. The third-order valence-electron chi connectivity index (χ3n) is 3.99. The number of aromatic nitrogens is 3. The zero-order valence-electron chi connectivity index (χ0n) is 15.8. The Morgan fingerprint density at radius 3 is 2.73 bits per heavy atom. The molecule has 0 aliphatic carbocycles. The number of aryl methyl sites for hydroxylation is 1. The Balaban J connectivity index is 2.11. The Kier molecular flexibility index (Phi) is 8.34. The second-order valence-electron chi connectivity index (χ2n) is 6.07. The van der Waals surface area contributed by atoms with Crippen molar-refractivity contribution in [3.05, 3.63) is 34.4 Å². The van der Waals surface area contributed by atoms with Crippen LogP contribution in [-0.4, -0.2) is 34.8 Å². The van der Waals surface area contributed by atoms with E-state index in [2.05, 4.69) is 29.1 Å². The Morgan fingerprint density at radius 1 is 1.19 bits per heavy atom. The Hall–Kier alpha value is -2.15. The molecule has 1 N–H and O–H groups in total. The van der Waals surface area contributed by atoms with Crippen molar-refractivity contribution in [1.82, 2.24) is 14.9 Å². The number of nitrogens with one attached hydrogen (secondary N) is 1. The number of hydrogen-bond acceptors (Lipinski definition) is 5. The molecule has 0 fully saturated rings. The molecule has 0 aliphatic heterocycles. The fourth-order valence-corrected chi connectivity index (χ4v) is 2.68. The molecular formula is C19H28N4O2S. The van der Waals surface area contributed by atoms with E-state index in [0.29, 0.717) is 17.1 Å². The van der Waals surface area contributed by atoms with E-state index in [4.69, 9.17) is 21.7 Å². The molecule has 2 aromatic rings. The van der Waals surface area contributed by atoms with E-state index in [1.54, 1.807) is 18.0 Å². The topological polar surface area (TPSA) is 64.4 Å². The van der Waals surface area contributed by atoms with Gasteiger partial charge in [-0.05, 0) is 48.8 Å². The van der Waals surface area contributed by atoms with Gasteiger partial charge in [0.2, 0.25) is 4.77 Å². The second-order valence-corrected chi connectivity index (χ2v) is 6.46. The highest BCUT2D eigenvalue weighted by molar-refractivity contribution is 7.71. The highest BCUT2D eigenvalue weighted by Crippen LogP contribution is 2.27. The summed E-state index contributed by atoms with van der Waals surface area (Å²) in [5, 5.41) is 11.5. The number of ether oxygens (including phenoxy) is 2. The van der Waals surface area contributed by atoms with Crippen LogP contribution in [0.2, 0.25) is 0 Å². The van der Waals surface area contributed by atoms with Gasteiger partial charge in [-0.2, -0.15) is 14.9 Å². The summed E-state index contributed by atoms with van der Waals surface area (Å²) in [5.74, 6) is 2.30. The summed E-state index contributed by atoms with van der Waals surface area (Å²) >= 11 is 5.26. The zero-order valence-corrected chi connectivity index (χ0v) is 16.6. The van der Waals surface area contributed by atoms with Gasteiger partial charge in [-0.1, -0.05) is 33.1 Å². The smallest absolute Gasteiger partial charge is 0.216 e. The lowest BCUT2D eigenvalue weighted by Crippen LogP contribution is -2.01. The number of rotatable bonds is 11. The molecule has 2 rings (SSSR count). The lowest BCUT2D eigenvalue weighted by Gasteiger charge is -2.11. The van der Waals surface area contributed by atoms with Crippen LogP contribution in [0.1, 0.15) is 57.3 Å². The van der Waals surface area contributed by atoms with Gasteiger partial charge in [-0.3, -0.25) is 5.10 Å². The summed E-state index contributed by atoms with van der Waals surface area (Å²) in [7, 11) is 1.64. The standard InChI is InChI=1S/C19H28N4O2S/c1-4-6-8-12-25-16-11-10-15(13-17(16)24-3)14-20-23-18(9-7-5-2)21-22-19(23)26/h10-11,13-14H,4-9,12H2,1-3H3,(H,22,26). The van der Waals surface area contributed by atoms with E-state index in [1.807, 2.05) is 18.2 Å². The van der Waals surface area contributed by atoms with Gasteiger partial charge < -0.3 is 9.47 Å². The normalized spacial score (nSPS) is 11.2. The molecule has 0 saturated heterocycles. The molecule has 7 heteroatoms. The van der Waals surface area contributed by atoms with E-state index in [9.17, 15) is 0 Å². The summed E-state index contributed by atoms with van der Waals surface area (Å²) in [5.41, 5.74) is 0.910. The molecule has 0 spiro atoms. The van der Waals surface area contributed by atoms with Crippen LogP contribution in [0.4, 0.5) is 0 Å². The quantitative estimate of drug-likeness (QED) is 0.349. The molecule has 0 unspecified atom stereocenters. The first kappa shape index (κ1) is 20.2. The van der Waals surface area contributed by atoms with E-state index >= 15 is 0 Å². The summed E-state index contributed by atoms with van der Waals surface area (Å²) in [6.07, 6.45) is 8.12. The molecule has 0 atom stereocenters. The van der Waals surface area contributed by atoms with Crippen LogP contribution >= 0.6 is 12.2 Å². The molecule has 0 saturated carbocycles. The van der Waals surface area contributed by atoms with Crippen molar-refractivity contribution in [3.63, 3.8) is 0 Å². The maximum absolute atomic E-state index is 5.81. The van der Waals surface area contributed by atoms with Crippen molar-refractivity contribution in [2.24, 2.45) is 5.10 Å². The average molecular weight is 377 g/mol. The van der Waals surface area contributed by atoms with Crippen LogP contribution < -0.4 is 9.47 Å². The Morgan fingerprint density at radius 2 is 2.00 bits per heavy atom. The number of benzene rings is 1. The molecular weight excluding hydrogens is 348 g/mol. The Labute approximate surface area is 160 Å². The summed E-state index contributed by atoms with van der Waals surface area (Å²) in [6, 6.07) is 5.78. The summed E-state index contributed by atoms with van der Waals surface area (Å²) in [4.78, 5) is 0. The maximum Gasteiger partial charge on any atom is 0.216 e. The number of aromatic amines is 1. The van der Waals surface area contributed by atoms with E-state index in [0.717, 1.165) is 42.8 Å². The van der Waals surface area contributed by atoms with Crippen LogP contribution in [0.5, 0.6) is 11.5 Å². The predicted octanol–water partition coefficient (Wildman–Crippen LogP) is 4.74. The minimum Gasteiger partial charge on any atom is -0.493 e. The minimum atomic E-state index is 0.496. The summed E-state index contributed by atoms with van der Waals surface area (Å²) < 4.78 is 13.4. The minimum absolute atomic E-state index is 0.496. The van der Waals surface area contributed by atoms with Crippen LogP contribution in [0.3, 0.4) is 0 Å². The molecule has 1 aromatic heterocycles. The maximum atomic E-state index is 5.81. The predicted molar refractivity (Wildman–Crippen MR) is 107 cm³/mol. The van der Waals surface area contributed by atoms with Crippen LogP contribution in [0.15, 0.2) is 23.3 Å². The highest BCUT2D eigenvalue weighted by Gasteiger charge is 2.06. The van der Waals surface area contributed by atoms with Crippen LogP contribution in [0.25, 0.3) is 0 Å². The monoisotopic (exact) mass is 376 g/mol. The lowest BCUT2D eigenvalue weighted by molar-refractivity contribution is 0.286. The molecule has 0 radical (unpaired) electrons. The molecule has 6 nitrogen and oxygen atoms in total. The third kappa shape index (κ3) is 5.69. The fraction of sp³-hybridized carbons (Fsp3) is 0.526. The third-order valence-corrected chi connectivity index (χ3v) is 4.25. The molecule has 0 amide bonds. The number of methoxy groups -OCH3 is 1. The first-order valence-corrected chi connectivity index (χ1v) is 9.61. The van der Waals surface area contributed by atoms with Crippen molar-refractivity contribution in [1.29, 1.82) is 0 Å². The van der Waals surface area contributed by atoms with Crippen LogP contribution in [0, 0.1) is 4.77 Å². The van der Waals surface area contributed by atoms with E-state index in [-0.39, 0.29) is 0 Å². The van der Waals surface area contributed by atoms with Crippen molar-refractivity contribution in [2.75, 3.05) is 13.7 Å². The zero-order chi connectivity index (χ0) is 18.8. The SMILES string of the molecule is CCCCCOc1ccc(C=Nn2c(CCCC)n[nH]c2=S)cc1OC. The van der Waals surface area contributed by atoms with Gasteiger partial charge in [-0.15, -0.1) is 0 Å². The van der Waals surface area contributed by atoms with Gasteiger partial charge in [0.15, 0.2) is 17.3 Å². The number of H-pyrrole nitrogens is 1. The average Bonchev–Trinajstić information content (AvgIpc) is 3.01. The molecule has 142 valence electrons. The molecule has 0 bridgehead atoms. The molecule has 1 heterocycles. The fourth-order valence-electron chi connectivity index (χ4n) is 2.48. The highest BCUT2D eigenvalue weighted by atomic mass is 32.1. The van der Waals surface area contributed by atoms with Crippen molar-refractivity contribution >= 4 is 18.4 Å². The first-order valence-electron chi connectivity index (χ1n) is 9.21. The van der Waals surface area contributed by atoms with Gasteiger partial charge >= 0.3 is 0 Å². The number of unbranched alkanes of at least 4 members (excludes halogenated alkanes) is 3. The van der Waals surface area contributed by atoms with Crippen LogP contribution in [-0.2, 0) is 6.42 Å². The van der Waals surface area contributed by atoms with Gasteiger partial charge in [0, 0.05) is 6.42 Å². The van der Waals surface area contributed by atoms with Crippen molar-refractivity contribution in [3.8, 4) is 11.5 Å². The number of nitrogens with zero attached hydrogens (tertiary/aromatic N) is 3. The molecule has 0 aliphatic rings. The van der Waals surface area contributed by atoms with Gasteiger partial charge in [0.05, 0.1) is 19.9 Å². The molecule has 1 aromatic carbocycles. The second kappa shape index (κ2) is 10.8. The largest absolute Gasteiger partial charge is 0.493 e. The van der Waals surface area contributed by atoms with E-state index < -0.39 is 0 Å². The van der Waals surface area contributed by atoms with Gasteiger partial charge in [0.1, 0.15) is 0 Å². The first-order chi connectivity index (χ1) is 12.7. The van der Waals surface area contributed by atoms with Gasteiger partial charge in [0.25, 0.3) is 0 Å². The molecule has 26 heavy (non-hydrogen) atoms. The van der Waals surface area contributed by atoms with Crippen molar-refractivity contribution < 1.29 is 9.47 Å².